The quantitative estimate of drug-likeness (QED) is 0.442. The van der Waals surface area contributed by atoms with Crippen LogP contribution in [0.25, 0.3) is 6.08 Å². The predicted molar refractivity (Wildman–Crippen MR) is 107 cm³/mol. The summed E-state index contributed by atoms with van der Waals surface area (Å²) in [6.45, 7) is -0.537. The number of carbonyl (C=O) groups excluding carboxylic acids is 2. The van der Waals surface area contributed by atoms with Crippen molar-refractivity contribution in [3.05, 3.63) is 64.7 Å². The molecule has 0 aromatic heterocycles. The molecule has 0 spiro atoms. The van der Waals surface area contributed by atoms with Gasteiger partial charge in [0.2, 0.25) is 0 Å². The fourth-order valence-corrected chi connectivity index (χ4v) is 3.02. The SMILES string of the molecule is O=C(O)COc1ccc(/C=C2/C(=O)NC(=S)N(c3ccccc3)C2=O)cc1Cl. The number of carboxylic acid groups (broad SMARTS) is 1. The highest BCUT2D eigenvalue weighted by Crippen LogP contribution is 2.27. The van der Waals surface area contributed by atoms with E-state index in [9.17, 15) is 14.4 Å². The Bertz CT molecular complexity index is 1010. The summed E-state index contributed by atoms with van der Waals surface area (Å²) in [6.07, 6.45) is 1.38. The van der Waals surface area contributed by atoms with Gasteiger partial charge in [0, 0.05) is 0 Å². The Hall–Kier alpha value is -3.23. The number of ether oxygens (including phenoxy) is 1. The first-order chi connectivity index (χ1) is 13.4. The van der Waals surface area contributed by atoms with Gasteiger partial charge in [-0.3, -0.25) is 19.8 Å². The van der Waals surface area contributed by atoms with Crippen molar-refractivity contribution < 1.29 is 24.2 Å². The van der Waals surface area contributed by atoms with Gasteiger partial charge in [-0.1, -0.05) is 35.9 Å². The smallest absolute Gasteiger partial charge is 0.341 e. The van der Waals surface area contributed by atoms with Crippen LogP contribution in [-0.2, 0) is 14.4 Å². The summed E-state index contributed by atoms with van der Waals surface area (Å²) < 4.78 is 5.05. The minimum atomic E-state index is -1.14. The third kappa shape index (κ3) is 4.19. The first kappa shape index (κ1) is 19.5. The highest BCUT2D eigenvalue weighted by Gasteiger charge is 2.34. The number of amides is 2. The molecule has 1 heterocycles. The Morgan fingerprint density at radius 3 is 2.57 bits per heavy atom. The zero-order valence-electron chi connectivity index (χ0n) is 14.2. The molecule has 1 aliphatic heterocycles. The van der Waals surface area contributed by atoms with Gasteiger partial charge in [-0.05, 0) is 48.1 Å². The van der Waals surface area contributed by atoms with Crippen molar-refractivity contribution in [1.29, 1.82) is 0 Å². The predicted octanol–water partition coefficient (Wildman–Crippen LogP) is 2.63. The molecule has 2 aromatic rings. The maximum atomic E-state index is 12.9. The van der Waals surface area contributed by atoms with Crippen molar-refractivity contribution in [1.82, 2.24) is 5.32 Å². The first-order valence-corrected chi connectivity index (χ1v) is 8.76. The van der Waals surface area contributed by atoms with Crippen LogP contribution in [0.2, 0.25) is 5.02 Å². The summed E-state index contributed by atoms with van der Waals surface area (Å²) in [6, 6.07) is 13.2. The molecule has 0 aliphatic carbocycles. The van der Waals surface area contributed by atoms with Gasteiger partial charge in [0.1, 0.15) is 11.3 Å². The summed E-state index contributed by atoms with van der Waals surface area (Å²) in [5.74, 6) is -2.15. The number of carboxylic acids is 1. The van der Waals surface area contributed by atoms with Gasteiger partial charge in [-0.25, -0.2) is 4.79 Å². The van der Waals surface area contributed by atoms with Crippen LogP contribution in [0.3, 0.4) is 0 Å². The third-order valence-corrected chi connectivity index (χ3v) is 4.31. The second kappa shape index (κ2) is 8.20. The van der Waals surface area contributed by atoms with Crippen LogP contribution < -0.4 is 15.0 Å². The maximum absolute atomic E-state index is 12.9. The number of hydrogen-bond acceptors (Lipinski definition) is 5. The minimum Gasteiger partial charge on any atom is -0.480 e. The minimum absolute atomic E-state index is 0.00574. The van der Waals surface area contributed by atoms with Gasteiger partial charge in [0.15, 0.2) is 11.7 Å². The number of aliphatic carboxylic acids is 1. The van der Waals surface area contributed by atoms with E-state index < -0.39 is 24.4 Å². The monoisotopic (exact) mass is 416 g/mol. The number of anilines is 1. The summed E-state index contributed by atoms with van der Waals surface area (Å²) in [7, 11) is 0. The number of para-hydroxylation sites is 1. The van der Waals surface area contributed by atoms with Crippen LogP contribution in [0.4, 0.5) is 5.69 Å². The third-order valence-electron chi connectivity index (χ3n) is 3.73. The second-order valence-electron chi connectivity index (χ2n) is 5.67. The summed E-state index contributed by atoms with van der Waals surface area (Å²) >= 11 is 11.2. The number of carbonyl (C=O) groups is 3. The summed E-state index contributed by atoms with van der Waals surface area (Å²) in [5, 5.41) is 11.3. The summed E-state index contributed by atoms with van der Waals surface area (Å²) in [4.78, 5) is 37.0. The number of nitrogens with one attached hydrogen (secondary N) is 1. The number of thiocarbonyl (C=S) groups is 1. The Labute approximate surface area is 170 Å². The lowest BCUT2D eigenvalue weighted by Gasteiger charge is -2.28. The van der Waals surface area contributed by atoms with E-state index in [1.54, 1.807) is 36.4 Å². The van der Waals surface area contributed by atoms with Gasteiger partial charge < -0.3 is 9.84 Å². The number of nitrogens with zero attached hydrogens (tertiary/aromatic N) is 1. The molecule has 0 atom stereocenters. The number of benzene rings is 2. The van der Waals surface area contributed by atoms with Gasteiger partial charge in [-0.15, -0.1) is 0 Å². The molecule has 28 heavy (non-hydrogen) atoms. The molecule has 3 rings (SSSR count). The van der Waals surface area contributed by atoms with E-state index in [1.165, 1.54) is 23.1 Å². The fourth-order valence-electron chi connectivity index (χ4n) is 2.50. The van der Waals surface area contributed by atoms with Crippen molar-refractivity contribution in [3.8, 4) is 5.75 Å². The Balaban J connectivity index is 1.91. The molecule has 0 unspecified atom stereocenters. The van der Waals surface area contributed by atoms with Crippen molar-refractivity contribution in [2.75, 3.05) is 11.5 Å². The van der Waals surface area contributed by atoms with E-state index in [4.69, 9.17) is 33.7 Å². The first-order valence-electron chi connectivity index (χ1n) is 7.97. The van der Waals surface area contributed by atoms with Crippen LogP contribution in [-0.4, -0.2) is 34.6 Å². The second-order valence-corrected chi connectivity index (χ2v) is 6.46. The topological polar surface area (TPSA) is 95.9 Å². The van der Waals surface area contributed by atoms with Crippen molar-refractivity contribution in [2.24, 2.45) is 0 Å². The molecular weight excluding hydrogens is 404 g/mol. The molecule has 1 aliphatic rings. The molecule has 0 saturated carbocycles. The van der Waals surface area contributed by atoms with Crippen LogP contribution in [0.15, 0.2) is 54.1 Å². The van der Waals surface area contributed by atoms with E-state index in [1.807, 2.05) is 0 Å². The van der Waals surface area contributed by atoms with Crippen molar-refractivity contribution in [3.63, 3.8) is 0 Å². The molecule has 9 heteroatoms. The molecular formula is C19H13ClN2O5S. The standard InChI is InChI=1S/C19H13ClN2O5S/c20-14-9-11(6-7-15(14)27-10-16(23)24)8-13-17(25)21-19(28)22(18(13)26)12-4-2-1-3-5-12/h1-9H,10H2,(H,23,24)(H,21,25,28)/b13-8-. The zero-order chi connectivity index (χ0) is 20.3. The number of hydrogen-bond donors (Lipinski definition) is 2. The number of rotatable bonds is 5. The molecule has 2 aromatic carbocycles. The maximum Gasteiger partial charge on any atom is 0.341 e. The molecule has 2 N–H and O–H groups in total. The van der Waals surface area contributed by atoms with Gasteiger partial charge >= 0.3 is 5.97 Å². The van der Waals surface area contributed by atoms with Crippen molar-refractivity contribution >= 4 is 58.5 Å². The van der Waals surface area contributed by atoms with Gasteiger partial charge in [0.25, 0.3) is 11.8 Å². The Morgan fingerprint density at radius 1 is 1.21 bits per heavy atom. The largest absolute Gasteiger partial charge is 0.480 e. The molecule has 0 bridgehead atoms. The Morgan fingerprint density at radius 2 is 1.93 bits per heavy atom. The van der Waals surface area contributed by atoms with Crippen LogP contribution in [0.1, 0.15) is 5.56 Å². The average molecular weight is 417 g/mol. The lowest BCUT2D eigenvalue weighted by atomic mass is 10.1. The zero-order valence-corrected chi connectivity index (χ0v) is 15.8. The normalized spacial score (nSPS) is 15.5. The summed E-state index contributed by atoms with van der Waals surface area (Å²) in [5.41, 5.74) is 0.874. The number of halogens is 1. The van der Waals surface area contributed by atoms with Crippen molar-refractivity contribution in [2.45, 2.75) is 0 Å². The lowest BCUT2D eigenvalue weighted by Crippen LogP contribution is -2.54. The molecule has 1 fully saturated rings. The van der Waals surface area contributed by atoms with E-state index in [-0.39, 0.29) is 21.5 Å². The van der Waals surface area contributed by atoms with Gasteiger partial charge in [0.05, 0.1) is 10.7 Å². The molecule has 2 amide bonds. The Kier molecular flexibility index (Phi) is 5.72. The average Bonchev–Trinajstić information content (AvgIpc) is 2.65. The van der Waals surface area contributed by atoms with E-state index in [0.717, 1.165) is 0 Å². The van der Waals surface area contributed by atoms with E-state index in [0.29, 0.717) is 11.3 Å². The highest BCUT2D eigenvalue weighted by molar-refractivity contribution is 7.80. The lowest BCUT2D eigenvalue weighted by molar-refractivity contribution is -0.139. The molecule has 1 saturated heterocycles. The van der Waals surface area contributed by atoms with Crippen LogP contribution in [0, 0.1) is 0 Å². The highest BCUT2D eigenvalue weighted by atomic mass is 35.5. The molecule has 7 nitrogen and oxygen atoms in total. The fraction of sp³-hybridized carbons (Fsp3) is 0.0526. The van der Waals surface area contributed by atoms with Gasteiger partial charge in [-0.2, -0.15) is 0 Å². The van der Waals surface area contributed by atoms with Crippen LogP contribution >= 0.6 is 23.8 Å². The van der Waals surface area contributed by atoms with E-state index in [2.05, 4.69) is 5.32 Å². The van der Waals surface area contributed by atoms with E-state index >= 15 is 0 Å². The van der Waals surface area contributed by atoms with Crippen LogP contribution in [0.5, 0.6) is 5.75 Å². The molecule has 0 radical (unpaired) electrons. The molecule has 142 valence electrons.